The summed E-state index contributed by atoms with van der Waals surface area (Å²) in [6.45, 7) is 2.96. The lowest BCUT2D eigenvalue weighted by atomic mass is 10.2. The van der Waals surface area contributed by atoms with Crippen LogP contribution in [0.3, 0.4) is 0 Å². The van der Waals surface area contributed by atoms with Crippen molar-refractivity contribution in [1.29, 1.82) is 0 Å². The molecule has 22 heavy (non-hydrogen) atoms. The Morgan fingerprint density at radius 2 is 2.09 bits per heavy atom. The van der Waals surface area contributed by atoms with Crippen molar-refractivity contribution in [3.8, 4) is 5.75 Å². The van der Waals surface area contributed by atoms with Crippen molar-refractivity contribution in [3.05, 3.63) is 24.3 Å². The molecule has 1 aliphatic heterocycles. The van der Waals surface area contributed by atoms with Gasteiger partial charge in [-0.2, -0.15) is 0 Å². The van der Waals surface area contributed by atoms with Gasteiger partial charge in [0, 0.05) is 19.3 Å². The molecule has 1 heterocycles. The molecule has 7 heteroatoms. The molecule has 2 aliphatic rings. The summed E-state index contributed by atoms with van der Waals surface area (Å²) in [5, 5.41) is 2.74. The van der Waals surface area contributed by atoms with E-state index < -0.39 is 20.7 Å². The first kappa shape index (κ1) is 15.3. The second kappa shape index (κ2) is 5.24. The Kier molecular flexibility index (Phi) is 3.65. The lowest BCUT2D eigenvalue weighted by Crippen LogP contribution is -2.50. The molecule has 6 nitrogen and oxygen atoms in total. The number of nitrogens with zero attached hydrogens (tertiary/aromatic N) is 1. The largest absolute Gasteiger partial charge is 0.494 e. The summed E-state index contributed by atoms with van der Waals surface area (Å²) in [7, 11) is -2.03. The third-order valence-corrected chi connectivity index (χ3v) is 7.13. The SMILES string of the molecule is CCOc1ccc(NC(=O)[C@]23C[C@@H]2CCN(C)S3(=O)=O)cc1. The van der Waals surface area contributed by atoms with Gasteiger partial charge in [0.05, 0.1) is 6.61 Å². The maximum absolute atomic E-state index is 12.6. The van der Waals surface area contributed by atoms with Gasteiger partial charge in [0.15, 0.2) is 4.75 Å². The van der Waals surface area contributed by atoms with Gasteiger partial charge in [0.2, 0.25) is 15.9 Å². The van der Waals surface area contributed by atoms with Crippen molar-refractivity contribution in [1.82, 2.24) is 4.31 Å². The Labute approximate surface area is 130 Å². The molecule has 3 rings (SSSR count). The minimum Gasteiger partial charge on any atom is -0.494 e. The van der Waals surface area contributed by atoms with Crippen LogP contribution >= 0.6 is 0 Å². The molecule has 1 aliphatic carbocycles. The average molecular weight is 324 g/mol. The van der Waals surface area contributed by atoms with E-state index in [0.717, 1.165) is 6.42 Å². The third-order valence-electron chi connectivity index (χ3n) is 4.52. The molecule has 0 spiro atoms. The number of ether oxygens (including phenoxy) is 1. The molecular weight excluding hydrogens is 304 g/mol. The third kappa shape index (κ3) is 2.19. The molecule has 0 radical (unpaired) electrons. The Bertz CT molecular complexity index is 686. The Morgan fingerprint density at radius 3 is 2.73 bits per heavy atom. The van der Waals surface area contributed by atoms with E-state index in [2.05, 4.69) is 5.32 Å². The van der Waals surface area contributed by atoms with Crippen LogP contribution < -0.4 is 10.1 Å². The fraction of sp³-hybridized carbons (Fsp3) is 0.533. The molecular formula is C15H20N2O4S. The van der Waals surface area contributed by atoms with E-state index in [1.54, 1.807) is 24.3 Å². The first-order valence-electron chi connectivity index (χ1n) is 7.42. The number of hydrogen-bond donors (Lipinski definition) is 1. The summed E-state index contributed by atoms with van der Waals surface area (Å²) in [6.07, 6.45) is 1.16. The smallest absolute Gasteiger partial charge is 0.247 e. The number of hydrogen-bond acceptors (Lipinski definition) is 4. The summed E-state index contributed by atoms with van der Waals surface area (Å²) in [4.78, 5) is 12.6. The highest BCUT2D eigenvalue weighted by atomic mass is 32.2. The van der Waals surface area contributed by atoms with E-state index in [1.165, 1.54) is 11.4 Å². The van der Waals surface area contributed by atoms with Crippen molar-refractivity contribution in [2.75, 3.05) is 25.5 Å². The van der Waals surface area contributed by atoms with E-state index in [9.17, 15) is 13.2 Å². The van der Waals surface area contributed by atoms with Crippen LogP contribution in [0.5, 0.6) is 5.75 Å². The predicted octanol–water partition coefficient (Wildman–Crippen LogP) is 1.45. The van der Waals surface area contributed by atoms with Gasteiger partial charge < -0.3 is 10.1 Å². The minimum atomic E-state index is -3.57. The highest BCUT2D eigenvalue weighted by Crippen LogP contribution is 2.56. The van der Waals surface area contributed by atoms with Gasteiger partial charge in [-0.25, -0.2) is 12.7 Å². The van der Waals surface area contributed by atoms with Gasteiger partial charge in [-0.05, 0) is 49.9 Å². The van der Waals surface area contributed by atoms with Crippen LogP contribution in [-0.4, -0.2) is 43.6 Å². The quantitative estimate of drug-likeness (QED) is 0.909. The van der Waals surface area contributed by atoms with E-state index in [0.29, 0.717) is 31.0 Å². The maximum Gasteiger partial charge on any atom is 0.247 e. The van der Waals surface area contributed by atoms with Crippen LogP contribution in [0.15, 0.2) is 24.3 Å². The second-order valence-corrected chi connectivity index (χ2v) is 8.12. The number of rotatable bonds is 4. The van der Waals surface area contributed by atoms with Gasteiger partial charge in [0.1, 0.15) is 5.75 Å². The van der Waals surface area contributed by atoms with Crippen LogP contribution in [0, 0.1) is 5.92 Å². The number of anilines is 1. The van der Waals surface area contributed by atoms with Crippen molar-refractivity contribution in [2.45, 2.75) is 24.5 Å². The minimum absolute atomic E-state index is 0.0589. The van der Waals surface area contributed by atoms with Gasteiger partial charge in [-0.15, -0.1) is 0 Å². The number of sulfonamides is 1. The molecule has 0 unspecified atom stereocenters. The molecule has 1 N–H and O–H groups in total. The Morgan fingerprint density at radius 1 is 1.41 bits per heavy atom. The molecule has 2 atom stereocenters. The fourth-order valence-corrected chi connectivity index (χ4v) is 5.27. The zero-order valence-electron chi connectivity index (χ0n) is 12.7. The Hall–Kier alpha value is -1.60. The number of fused-ring (bicyclic) bond motifs is 1. The first-order chi connectivity index (χ1) is 10.4. The lowest BCUT2D eigenvalue weighted by molar-refractivity contribution is -0.117. The molecule has 120 valence electrons. The standard InChI is InChI=1S/C15H20N2O4S/c1-3-21-13-6-4-12(5-7-13)16-14(18)15-10-11(15)8-9-17(2)22(15,19)20/h4-7,11H,3,8-10H2,1-2H3,(H,16,18)/t11-,15-/m0/s1. The first-order valence-corrected chi connectivity index (χ1v) is 8.86. The fourth-order valence-electron chi connectivity index (χ4n) is 3.13. The molecule has 1 amide bonds. The average Bonchev–Trinajstić information content (AvgIpc) is 3.23. The van der Waals surface area contributed by atoms with E-state index >= 15 is 0 Å². The highest BCUT2D eigenvalue weighted by Gasteiger charge is 2.71. The van der Waals surface area contributed by atoms with E-state index in [1.807, 2.05) is 6.92 Å². The summed E-state index contributed by atoms with van der Waals surface area (Å²) >= 11 is 0. The Balaban J connectivity index is 1.77. The topological polar surface area (TPSA) is 75.7 Å². The van der Waals surface area contributed by atoms with Gasteiger partial charge >= 0.3 is 0 Å². The van der Waals surface area contributed by atoms with E-state index in [4.69, 9.17) is 4.74 Å². The molecule has 2 fully saturated rings. The van der Waals surface area contributed by atoms with Crippen molar-refractivity contribution < 1.29 is 17.9 Å². The number of nitrogens with one attached hydrogen (secondary N) is 1. The monoisotopic (exact) mass is 324 g/mol. The van der Waals surface area contributed by atoms with Crippen LogP contribution in [0.1, 0.15) is 19.8 Å². The predicted molar refractivity (Wildman–Crippen MR) is 83.2 cm³/mol. The zero-order chi connectivity index (χ0) is 16.0. The zero-order valence-corrected chi connectivity index (χ0v) is 13.5. The van der Waals surface area contributed by atoms with Crippen LogP contribution in [-0.2, 0) is 14.8 Å². The molecule has 1 aromatic carbocycles. The maximum atomic E-state index is 12.6. The normalized spacial score (nSPS) is 29.5. The van der Waals surface area contributed by atoms with Crippen LogP contribution in [0.4, 0.5) is 5.69 Å². The molecule has 1 saturated carbocycles. The highest BCUT2D eigenvalue weighted by molar-refractivity contribution is 7.91. The summed E-state index contributed by atoms with van der Waals surface area (Å²) in [5.74, 6) is 0.234. The van der Waals surface area contributed by atoms with Crippen molar-refractivity contribution in [3.63, 3.8) is 0 Å². The van der Waals surface area contributed by atoms with Gasteiger partial charge in [0.25, 0.3) is 0 Å². The number of benzene rings is 1. The van der Waals surface area contributed by atoms with Crippen LogP contribution in [0.25, 0.3) is 0 Å². The van der Waals surface area contributed by atoms with Crippen molar-refractivity contribution in [2.24, 2.45) is 5.92 Å². The summed E-state index contributed by atoms with van der Waals surface area (Å²) in [5.41, 5.74) is 0.580. The van der Waals surface area contributed by atoms with E-state index in [-0.39, 0.29) is 5.92 Å². The molecule has 1 aromatic rings. The summed E-state index contributed by atoms with van der Waals surface area (Å²) < 4.78 is 30.4. The summed E-state index contributed by atoms with van der Waals surface area (Å²) in [6, 6.07) is 6.94. The molecule has 1 saturated heterocycles. The van der Waals surface area contributed by atoms with Gasteiger partial charge in [-0.3, -0.25) is 4.79 Å². The van der Waals surface area contributed by atoms with Gasteiger partial charge in [-0.1, -0.05) is 0 Å². The number of carbonyl (C=O) groups is 1. The lowest BCUT2D eigenvalue weighted by Gasteiger charge is -2.28. The number of carbonyl (C=O) groups excluding carboxylic acids is 1. The second-order valence-electron chi connectivity index (χ2n) is 5.82. The molecule has 0 aromatic heterocycles. The molecule has 0 bridgehead atoms. The van der Waals surface area contributed by atoms with Crippen molar-refractivity contribution >= 4 is 21.6 Å². The van der Waals surface area contributed by atoms with Crippen LogP contribution in [0.2, 0.25) is 0 Å². The number of amides is 1.